The van der Waals surface area contributed by atoms with E-state index in [9.17, 15) is 9.18 Å². The van der Waals surface area contributed by atoms with Gasteiger partial charge < -0.3 is 0 Å². The molecule has 0 spiro atoms. The lowest BCUT2D eigenvalue weighted by Gasteiger charge is -2.08. The van der Waals surface area contributed by atoms with Gasteiger partial charge in [-0.25, -0.2) is 14.4 Å². The molecule has 0 N–H and O–H groups in total. The molecule has 0 amide bonds. The highest BCUT2D eigenvalue weighted by Gasteiger charge is 2.13. The first-order chi connectivity index (χ1) is 11.6. The van der Waals surface area contributed by atoms with Crippen LogP contribution < -0.4 is 5.56 Å². The van der Waals surface area contributed by atoms with Crippen LogP contribution in [-0.2, 0) is 0 Å². The number of hydrogen-bond acceptors (Lipinski definition) is 4. The van der Waals surface area contributed by atoms with E-state index in [1.54, 1.807) is 36.5 Å². The SMILES string of the molecule is O=c1ccccn1-c1cccc(-n2cc(F)c3cnc(Cl)nc32)n1. The molecule has 0 atom stereocenters. The van der Waals surface area contributed by atoms with Gasteiger partial charge in [-0.15, -0.1) is 0 Å². The lowest BCUT2D eigenvalue weighted by atomic mass is 10.4. The number of nitrogens with zero attached hydrogens (tertiary/aromatic N) is 5. The number of hydrogen-bond donors (Lipinski definition) is 0. The molecule has 0 saturated heterocycles. The lowest BCUT2D eigenvalue weighted by molar-refractivity contribution is 0.635. The molecule has 0 aliphatic carbocycles. The molecule has 0 bridgehead atoms. The normalized spacial score (nSPS) is 11.1. The maximum absolute atomic E-state index is 14.1. The molecule has 8 heteroatoms. The molecule has 0 fully saturated rings. The van der Waals surface area contributed by atoms with Crippen LogP contribution in [0.15, 0.2) is 59.8 Å². The second kappa shape index (κ2) is 5.54. The summed E-state index contributed by atoms with van der Waals surface area (Å²) < 4.78 is 16.9. The van der Waals surface area contributed by atoms with Crippen LogP contribution in [0.2, 0.25) is 5.28 Å². The summed E-state index contributed by atoms with van der Waals surface area (Å²) in [6.45, 7) is 0. The van der Waals surface area contributed by atoms with Crippen molar-refractivity contribution in [3.05, 3.63) is 76.4 Å². The van der Waals surface area contributed by atoms with E-state index >= 15 is 0 Å². The summed E-state index contributed by atoms with van der Waals surface area (Å²) in [5.74, 6) is 0.346. The van der Waals surface area contributed by atoms with Gasteiger partial charge >= 0.3 is 0 Å². The number of rotatable bonds is 2. The van der Waals surface area contributed by atoms with E-state index in [4.69, 9.17) is 11.6 Å². The minimum Gasteiger partial charge on any atom is -0.282 e. The molecule has 0 radical (unpaired) electrons. The largest absolute Gasteiger partial charge is 0.282 e. The molecule has 4 aromatic heterocycles. The Labute approximate surface area is 139 Å². The molecular weight excluding hydrogens is 333 g/mol. The van der Waals surface area contributed by atoms with Crippen LogP contribution >= 0.6 is 11.6 Å². The van der Waals surface area contributed by atoms with Gasteiger partial charge in [-0.1, -0.05) is 12.1 Å². The predicted octanol–water partition coefficient (Wildman–Crippen LogP) is 2.76. The van der Waals surface area contributed by atoms with Gasteiger partial charge in [0.15, 0.2) is 11.5 Å². The van der Waals surface area contributed by atoms with E-state index in [0.717, 1.165) is 0 Å². The molecule has 6 nitrogen and oxygen atoms in total. The van der Waals surface area contributed by atoms with E-state index in [0.29, 0.717) is 17.3 Å². The van der Waals surface area contributed by atoms with Crippen molar-refractivity contribution in [3.8, 4) is 11.6 Å². The van der Waals surface area contributed by atoms with Crippen LogP contribution in [0.4, 0.5) is 4.39 Å². The van der Waals surface area contributed by atoms with E-state index in [2.05, 4.69) is 15.0 Å². The van der Waals surface area contributed by atoms with Gasteiger partial charge in [0.2, 0.25) is 5.28 Å². The Balaban J connectivity index is 1.93. The summed E-state index contributed by atoms with van der Waals surface area (Å²) in [4.78, 5) is 24.2. The Morgan fingerprint density at radius 1 is 1.00 bits per heavy atom. The molecule has 24 heavy (non-hydrogen) atoms. The van der Waals surface area contributed by atoms with Crippen molar-refractivity contribution in [1.29, 1.82) is 0 Å². The molecule has 0 saturated carbocycles. The fraction of sp³-hybridized carbons (Fsp3) is 0. The predicted molar refractivity (Wildman–Crippen MR) is 87.2 cm³/mol. The standard InChI is InChI=1S/C16H9ClFN5O/c17-16-19-8-10-11(18)9-23(15(10)21-16)13-5-3-4-12(20-13)22-7-2-1-6-14(22)24/h1-9H. The monoisotopic (exact) mass is 341 g/mol. The Morgan fingerprint density at radius 3 is 2.58 bits per heavy atom. The molecule has 4 rings (SSSR count). The molecule has 118 valence electrons. The van der Waals surface area contributed by atoms with E-state index < -0.39 is 5.82 Å². The summed E-state index contributed by atoms with van der Waals surface area (Å²) in [5.41, 5.74) is 0.0913. The number of pyridine rings is 2. The van der Waals surface area contributed by atoms with E-state index in [1.807, 2.05) is 0 Å². The third-order valence-electron chi connectivity index (χ3n) is 3.50. The molecular formula is C16H9ClFN5O. The number of fused-ring (bicyclic) bond motifs is 1. The van der Waals surface area contributed by atoms with Gasteiger partial charge in [-0.2, -0.15) is 4.98 Å². The van der Waals surface area contributed by atoms with Crippen molar-refractivity contribution in [3.63, 3.8) is 0 Å². The maximum Gasteiger partial charge on any atom is 0.256 e. The summed E-state index contributed by atoms with van der Waals surface area (Å²) >= 11 is 5.81. The lowest BCUT2D eigenvalue weighted by Crippen LogP contribution is -2.17. The first kappa shape index (κ1) is 14.5. The van der Waals surface area contributed by atoms with Gasteiger partial charge in [0.1, 0.15) is 11.6 Å². The molecule has 4 heterocycles. The van der Waals surface area contributed by atoms with Gasteiger partial charge in [0, 0.05) is 24.7 Å². The van der Waals surface area contributed by atoms with Crippen LogP contribution in [0, 0.1) is 5.82 Å². The van der Waals surface area contributed by atoms with Crippen LogP contribution in [0.5, 0.6) is 0 Å². The quantitative estimate of drug-likeness (QED) is 0.526. The zero-order valence-corrected chi connectivity index (χ0v) is 12.9. The van der Waals surface area contributed by atoms with Crippen LogP contribution in [0.25, 0.3) is 22.7 Å². The van der Waals surface area contributed by atoms with Crippen LogP contribution in [-0.4, -0.2) is 24.1 Å². The Kier molecular flexibility index (Phi) is 3.35. The number of aromatic nitrogens is 5. The average molecular weight is 342 g/mol. The second-order valence-electron chi connectivity index (χ2n) is 4.99. The molecule has 4 aromatic rings. The first-order valence-corrected chi connectivity index (χ1v) is 7.36. The van der Waals surface area contributed by atoms with Gasteiger partial charge in [0.05, 0.1) is 5.39 Å². The molecule has 0 aliphatic rings. The molecule has 0 aromatic carbocycles. The Hall–Kier alpha value is -3.06. The topological polar surface area (TPSA) is 65.6 Å². The smallest absolute Gasteiger partial charge is 0.256 e. The molecule has 0 aliphatic heterocycles. The van der Waals surface area contributed by atoms with Crippen molar-refractivity contribution in [1.82, 2.24) is 24.1 Å². The highest BCUT2D eigenvalue weighted by molar-refractivity contribution is 6.28. The van der Waals surface area contributed by atoms with Crippen molar-refractivity contribution < 1.29 is 4.39 Å². The van der Waals surface area contributed by atoms with E-state index in [1.165, 1.54) is 27.6 Å². The third-order valence-corrected chi connectivity index (χ3v) is 3.69. The molecule has 0 unspecified atom stereocenters. The number of halogens is 2. The summed E-state index contributed by atoms with van der Waals surface area (Å²) in [6, 6.07) is 9.92. The average Bonchev–Trinajstić information content (AvgIpc) is 2.91. The van der Waals surface area contributed by atoms with Crippen molar-refractivity contribution in [2.75, 3.05) is 0 Å². The van der Waals surface area contributed by atoms with Gasteiger partial charge in [-0.3, -0.25) is 13.9 Å². The van der Waals surface area contributed by atoms with Crippen LogP contribution in [0.1, 0.15) is 0 Å². The zero-order valence-electron chi connectivity index (χ0n) is 12.1. The summed E-state index contributed by atoms with van der Waals surface area (Å²) in [5, 5.41) is 0.251. The van der Waals surface area contributed by atoms with Crippen molar-refractivity contribution in [2.24, 2.45) is 0 Å². The van der Waals surface area contributed by atoms with E-state index in [-0.39, 0.29) is 16.2 Å². The fourth-order valence-electron chi connectivity index (χ4n) is 2.42. The van der Waals surface area contributed by atoms with Gasteiger partial charge in [0.25, 0.3) is 5.56 Å². The van der Waals surface area contributed by atoms with Crippen LogP contribution in [0.3, 0.4) is 0 Å². The van der Waals surface area contributed by atoms with Crippen molar-refractivity contribution in [2.45, 2.75) is 0 Å². The summed E-state index contributed by atoms with van der Waals surface area (Å²) in [6.07, 6.45) is 4.19. The third kappa shape index (κ3) is 2.35. The Bertz CT molecular complexity index is 1120. The summed E-state index contributed by atoms with van der Waals surface area (Å²) in [7, 11) is 0. The first-order valence-electron chi connectivity index (χ1n) is 6.98. The maximum atomic E-state index is 14.1. The Morgan fingerprint density at radius 2 is 1.79 bits per heavy atom. The second-order valence-corrected chi connectivity index (χ2v) is 5.32. The van der Waals surface area contributed by atoms with Gasteiger partial charge in [-0.05, 0) is 29.8 Å². The minimum absolute atomic E-state index is 0.0114. The zero-order chi connectivity index (χ0) is 16.7. The highest BCUT2D eigenvalue weighted by Crippen LogP contribution is 2.22. The fourth-order valence-corrected chi connectivity index (χ4v) is 2.55. The van der Waals surface area contributed by atoms with Crippen molar-refractivity contribution >= 4 is 22.6 Å². The minimum atomic E-state index is -0.481. The highest BCUT2D eigenvalue weighted by atomic mass is 35.5.